The Morgan fingerprint density at radius 3 is 3.00 bits per heavy atom. The van der Waals surface area contributed by atoms with E-state index in [0.717, 1.165) is 27.6 Å². The number of rotatable bonds is 1. The lowest BCUT2D eigenvalue weighted by Gasteiger charge is -2.14. The van der Waals surface area contributed by atoms with Crippen LogP contribution in [0.25, 0.3) is 0 Å². The summed E-state index contributed by atoms with van der Waals surface area (Å²) in [5, 5.41) is 4.38. The fourth-order valence-electron chi connectivity index (χ4n) is 1.37. The van der Waals surface area contributed by atoms with Crippen molar-refractivity contribution in [3.05, 3.63) is 28.2 Å². The zero-order chi connectivity index (χ0) is 10.7. The SMILES string of the molecule is Cc1ccc(NC2=NCCCS2)c(Br)c1. The number of aryl methyl sites for hydroxylation is 1. The molecule has 0 saturated carbocycles. The van der Waals surface area contributed by atoms with Crippen molar-refractivity contribution in [2.45, 2.75) is 13.3 Å². The van der Waals surface area contributed by atoms with Crippen molar-refractivity contribution in [1.82, 2.24) is 0 Å². The van der Waals surface area contributed by atoms with Crippen molar-refractivity contribution in [3.8, 4) is 0 Å². The van der Waals surface area contributed by atoms with E-state index < -0.39 is 0 Å². The van der Waals surface area contributed by atoms with Gasteiger partial charge in [0.25, 0.3) is 0 Å². The maximum Gasteiger partial charge on any atom is 0.161 e. The number of aliphatic imine (C=N–C) groups is 1. The van der Waals surface area contributed by atoms with Gasteiger partial charge < -0.3 is 5.32 Å². The number of benzene rings is 1. The third-order valence-corrected chi connectivity index (χ3v) is 3.82. The van der Waals surface area contributed by atoms with Crippen LogP contribution in [0.2, 0.25) is 0 Å². The van der Waals surface area contributed by atoms with Crippen molar-refractivity contribution in [2.24, 2.45) is 4.99 Å². The quantitative estimate of drug-likeness (QED) is 0.851. The monoisotopic (exact) mass is 284 g/mol. The molecule has 2 nitrogen and oxygen atoms in total. The molecule has 0 spiro atoms. The van der Waals surface area contributed by atoms with Crippen LogP contribution in [0.5, 0.6) is 0 Å². The van der Waals surface area contributed by atoms with Gasteiger partial charge in [0.05, 0.1) is 5.69 Å². The molecule has 0 atom stereocenters. The minimum absolute atomic E-state index is 0.943. The molecule has 4 heteroatoms. The minimum Gasteiger partial charge on any atom is -0.334 e. The minimum atomic E-state index is 0.943. The molecule has 1 aliphatic heterocycles. The average molecular weight is 285 g/mol. The molecule has 1 N–H and O–H groups in total. The van der Waals surface area contributed by atoms with Crippen LogP contribution in [0.3, 0.4) is 0 Å². The first-order chi connectivity index (χ1) is 7.25. The second-order valence-corrected chi connectivity index (χ2v) is 5.44. The number of nitrogens with one attached hydrogen (secondary N) is 1. The molecule has 0 unspecified atom stereocenters. The van der Waals surface area contributed by atoms with Gasteiger partial charge in [-0.3, -0.25) is 4.99 Å². The summed E-state index contributed by atoms with van der Waals surface area (Å²) in [5.41, 5.74) is 2.35. The number of halogens is 1. The first kappa shape index (κ1) is 11.0. The summed E-state index contributed by atoms with van der Waals surface area (Å²) in [6.07, 6.45) is 1.19. The lowest BCUT2D eigenvalue weighted by atomic mass is 10.2. The summed E-state index contributed by atoms with van der Waals surface area (Å²) in [6, 6.07) is 6.29. The second-order valence-electron chi connectivity index (χ2n) is 3.50. The van der Waals surface area contributed by atoms with E-state index in [-0.39, 0.29) is 0 Å². The molecule has 80 valence electrons. The van der Waals surface area contributed by atoms with Gasteiger partial charge in [-0.25, -0.2) is 0 Å². The summed E-state index contributed by atoms with van der Waals surface area (Å²) < 4.78 is 1.09. The van der Waals surface area contributed by atoms with Crippen molar-refractivity contribution in [3.63, 3.8) is 0 Å². The van der Waals surface area contributed by atoms with Gasteiger partial charge in [0, 0.05) is 16.8 Å². The number of hydrogen-bond acceptors (Lipinski definition) is 3. The first-order valence-corrected chi connectivity index (χ1v) is 6.74. The predicted octanol–water partition coefficient (Wildman–Crippen LogP) is 3.66. The molecule has 0 aliphatic carbocycles. The largest absolute Gasteiger partial charge is 0.334 e. The van der Waals surface area contributed by atoms with E-state index in [9.17, 15) is 0 Å². The molecule has 0 saturated heterocycles. The fourth-order valence-corrected chi connectivity index (χ4v) is 2.80. The summed E-state index contributed by atoms with van der Waals surface area (Å²) in [5.74, 6) is 1.16. The van der Waals surface area contributed by atoms with Crippen molar-refractivity contribution in [1.29, 1.82) is 0 Å². The highest BCUT2D eigenvalue weighted by molar-refractivity contribution is 9.10. The van der Waals surface area contributed by atoms with E-state index in [1.807, 2.05) is 0 Å². The zero-order valence-electron chi connectivity index (χ0n) is 8.59. The average Bonchev–Trinajstić information content (AvgIpc) is 2.24. The summed E-state index contributed by atoms with van der Waals surface area (Å²) in [6.45, 7) is 3.03. The molecule has 0 amide bonds. The third kappa shape index (κ3) is 2.98. The van der Waals surface area contributed by atoms with Gasteiger partial charge in [0.1, 0.15) is 0 Å². The number of anilines is 1. The fraction of sp³-hybridized carbons (Fsp3) is 0.364. The Hall–Kier alpha value is -0.480. The van der Waals surface area contributed by atoms with E-state index in [4.69, 9.17) is 0 Å². The van der Waals surface area contributed by atoms with Crippen LogP contribution in [0.15, 0.2) is 27.7 Å². The summed E-state index contributed by atoms with van der Waals surface area (Å²) in [7, 11) is 0. The molecule has 1 aliphatic rings. The highest BCUT2D eigenvalue weighted by atomic mass is 79.9. The normalized spacial score (nSPS) is 16.0. The number of hydrogen-bond donors (Lipinski definition) is 1. The molecule has 0 fully saturated rings. The van der Waals surface area contributed by atoms with Gasteiger partial charge in [-0.1, -0.05) is 17.8 Å². The van der Waals surface area contributed by atoms with Gasteiger partial charge in [0.15, 0.2) is 5.17 Å². The van der Waals surface area contributed by atoms with Crippen LogP contribution >= 0.6 is 27.7 Å². The maximum atomic E-state index is 4.44. The number of amidine groups is 1. The summed E-state index contributed by atoms with van der Waals surface area (Å²) in [4.78, 5) is 4.44. The smallest absolute Gasteiger partial charge is 0.161 e. The lowest BCUT2D eigenvalue weighted by Crippen LogP contribution is -2.13. The Morgan fingerprint density at radius 1 is 1.47 bits per heavy atom. The molecule has 0 aromatic heterocycles. The van der Waals surface area contributed by atoms with E-state index in [1.54, 1.807) is 11.8 Å². The molecule has 1 heterocycles. The topological polar surface area (TPSA) is 24.4 Å². The molecule has 0 bridgehead atoms. The van der Waals surface area contributed by atoms with Crippen molar-refractivity contribution >= 4 is 38.5 Å². The van der Waals surface area contributed by atoms with Gasteiger partial charge in [0.2, 0.25) is 0 Å². The number of nitrogens with zero attached hydrogens (tertiary/aromatic N) is 1. The molecule has 0 radical (unpaired) electrons. The van der Waals surface area contributed by atoms with Crippen molar-refractivity contribution < 1.29 is 0 Å². The van der Waals surface area contributed by atoms with E-state index >= 15 is 0 Å². The van der Waals surface area contributed by atoms with Gasteiger partial charge in [-0.05, 0) is 47.0 Å². The van der Waals surface area contributed by atoms with Crippen LogP contribution in [-0.2, 0) is 0 Å². The Balaban J connectivity index is 2.13. The Kier molecular flexibility index (Phi) is 3.70. The molecule has 1 aromatic rings. The van der Waals surface area contributed by atoms with E-state index in [0.29, 0.717) is 0 Å². The molecule has 2 rings (SSSR count). The van der Waals surface area contributed by atoms with Gasteiger partial charge >= 0.3 is 0 Å². The first-order valence-electron chi connectivity index (χ1n) is 4.96. The maximum absolute atomic E-state index is 4.44. The van der Waals surface area contributed by atoms with Crippen LogP contribution in [0, 0.1) is 6.92 Å². The number of thioether (sulfide) groups is 1. The van der Waals surface area contributed by atoms with Crippen LogP contribution in [-0.4, -0.2) is 17.5 Å². The molecule has 15 heavy (non-hydrogen) atoms. The summed E-state index contributed by atoms with van der Waals surface area (Å²) >= 11 is 5.34. The lowest BCUT2D eigenvalue weighted by molar-refractivity contribution is 0.938. The predicted molar refractivity (Wildman–Crippen MR) is 71.9 cm³/mol. The highest BCUT2D eigenvalue weighted by Gasteiger charge is 2.07. The molecule has 1 aromatic carbocycles. The molecular weight excluding hydrogens is 272 g/mol. The van der Waals surface area contributed by atoms with Crippen LogP contribution in [0.4, 0.5) is 5.69 Å². The second kappa shape index (κ2) is 5.03. The third-order valence-electron chi connectivity index (χ3n) is 2.16. The van der Waals surface area contributed by atoms with Crippen LogP contribution in [0.1, 0.15) is 12.0 Å². The molecular formula is C11H13BrN2S. The zero-order valence-corrected chi connectivity index (χ0v) is 11.0. The van der Waals surface area contributed by atoms with Gasteiger partial charge in [-0.2, -0.15) is 0 Å². The Morgan fingerprint density at radius 2 is 2.33 bits per heavy atom. The van der Waals surface area contributed by atoms with E-state index in [2.05, 4.69) is 51.4 Å². The van der Waals surface area contributed by atoms with E-state index in [1.165, 1.54) is 12.0 Å². The Labute approximate surface area is 103 Å². The Bertz CT molecular complexity index is 390. The van der Waals surface area contributed by atoms with Gasteiger partial charge in [-0.15, -0.1) is 0 Å². The van der Waals surface area contributed by atoms with Crippen molar-refractivity contribution in [2.75, 3.05) is 17.6 Å². The van der Waals surface area contributed by atoms with Crippen LogP contribution < -0.4 is 5.32 Å². The highest BCUT2D eigenvalue weighted by Crippen LogP contribution is 2.25. The standard InChI is InChI=1S/C11H13BrN2S/c1-8-3-4-10(9(12)7-8)14-11-13-5-2-6-15-11/h3-4,7H,2,5-6H2,1H3,(H,13,14).